The summed E-state index contributed by atoms with van der Waals surface area (Å²) in [5.41, 5.74) is -2.21. The number of nitrogens with zero attached hydrogens (tertiary/aromatic N) is 1. The van der Waals surface area contributed by atoms with Crippen molar-refractivity contribution >= 4 is 30.4 Å². The van der Waals surface area contributed by atoms with Gasteiger partial charge in [-0.1, -0.05) is 12.1 Å². The highest BCUT2D eigenvalue weighted by molar-refractivity contribution is 5.85. The van der Waals surface area contributed by atoms with E-state index in [1.807, 2.05) is 0 Å². The van der Waals surface area contributed by atoms with Gasteiger partial charge in [0.15, 0.2) is 0 Å². The maximum atomic E-state index is 13.9. The molecule has 1 amide bonds. The quantitative estimate of drug-likeness (QED) is 0.265. The van der Waals surface area contributed by atoms with Crippen molar-refractivity contribution in [3.8, 4) is 0 Å². The first-order valence-corrected chi connectivity index (χ1v) is 13.6. The molecule has 8 nitrogen and oxygen atoms in total. The molecule has 256 valence electrons. The molecule has 2 heterocycles. The number of hydrogen-bond donors (Lipinski definition) is 2. The molecule has 2 saturated heterocycles. The number of amides is 1. The minimum absolute atomic E-state index is 0. The fourth-order valence-corrected chi connectivity index (χ4v) is 5.34. The number of methoxy groups -OCH3 is 2. The molecule has 2 fully saturated rings. The van der Waals surface area contributed by atoms with E-state index in [0.717, 1.165) is 18.2 Å². The number of aliphatic carboxylic acids is 1. The first-order chi connectivity index (χ1) is 21.0. The SMILES string of the molecule is COC(=O)C1CCN(C(=O)OC)C(c2ccc(C(F)(F)F)c(F)c2)C1.Cl.O=C(O)C1CCNC(c2ccc(C(F)(F)F)c(F)c2)C1. The molecule has 4 unspecified atom stereocenters. The average Bonchev–Trinajstić information content (AvgIpc) is 2.99. The lowest BCUT2D eigenvalue weighted by Gasteiger charge is -2.37. The molecule has 4 atom stereocenters. The van der Waals surface area contributed by atoms with E-state index in [9.17, 15) is 49.5 Å². The largest absolute Gasteiger partial charge is 0.481 e. The number of carbonyl (C=O) groups excluding carboxylic acids is 2. The van der Waals surface area contributed by atoms with E-state index >= 15 is 0 Å². The van der Waals surface area contributed by atoms with Crippen molar-refractivity contribution in [1.82, 2.24) is 10.2 Å². The molecule has 17 heteroatoms. The van der Waals surface area contributed by atoms with Crippen LogP contribution in [0.1, 0.15) is 60.0 Å². The molecular weight excluding hydrogens is 660 g/mol. The molecule has 2 aromatic rings. The van der Waals surface area contributed by atoms with Gasteiger partial charge in [0, 0.05) is 12.6 Å². The van der Waals surface area contributed by atoms with E-state index in [0.29, 0.717) is 37.1 Å². The van der Waals surface area contributed by atoms with Gasteiger partial charge >= 0.3 is 30.4 Å². The lowest BCUT2D eigenvalue weighted by Crippen LogP contribution is -2.43. The number of esters is 1. The average molecular weight is 691 g/mol. The first kappa shape index (κ1) is 38.5. The Bertz CT molecular complexity index is 1390. The topological polar surface area (TPSA) is 105 Å². The molecule has 2 N–H and O–H groups in total. The normalized spacial score (nSPS) is 21.7. The molecule has 0 aromatic heterocycles. The van der Waals surface area contributed by atoms with Crippen LogP contribution >= 0.6 is 12.4 Å². The Labute approximate surface area is 264 Å². The van der Waals surface area contributed by atoms with Crippen LogP contribution in [0, 0.1) is 23.5 Å². The molecule has 4 rings (SSSR count). The van der Waals surface area contributed by atoms with Gasteiger partial charge in [0.05, 0.1) is 43.2 Å². The van der Waals surface area contributed by atoms with Gasteiger partial charge in [0.25, 0.3) is 0 Å². The van der Waals surface area contributed by atoms with Crippen molar-refractivity contribution in [2.75, 3.05) is 27.3 Å². The number of rotatable bonds is 4. The molecule has 0 bridgehead atoms. The summed E-state index contributed by atoms with van der Waals surface area (Å²) in [6.45, 7) is 0.573. The fourth-order valence-electron chi connectivity index (χ4n) is 5.34. The van der Waals surface area contributed by atoms with Crippen molar-refractivity contribution in [3.63, 3.8) is 0 Å². The zero-order chi connectivity index (χ0) is 33.7. The number of carboxylic acid groups (broad SMARTS) is 1. The Hall–Kier alpha value is -3.66. The molecule has 0 saturated carbocycles. The van der Waals surface area contributed by atoms with Gasteiger partial charge in [0.2, 0.25) is 0 Å². The Morgan fingerprint density at radius 2 is 1.37 bits per heavy atom. The van der Waals surface area contributed by atoms with Crippen LogP contribution in [0.4, 0.5) is 39.9 Å². The van der Waals surface area contributed by atoms with Gasteiger partial charge < -0.3 is 24.8 Å². The third-order valence-electron chi connectivity index (χ3n) is 7.68. The third kappa shape index (κ3) is 9.44. The van der Waals surface area contributed by atoms with Crippen LogP contribution in [0.5, 0.6) is 0 Å². The lowest BCUT2D eigenvalue weighted by molar-refractivity contribution is -0.148. The van der Waals surface area contributed by atoms with Crippen LogP contribution in [0.3, 0.4) is 0 Å². The number of carbonyl (C=O) groups is 3. The minimum atomic E-state index is -4.81. The van der Waals surface area contributed by atoms with Crippen molar-refractivity contribution in [2.24, 2.45) is 11.8 Å². The molecular formula is C29H31ClF8N2O6. The zero-order valence-corrected chi connectivity index (χ0v) is 25.2. The monoisotopic (exact) mass is 690 g/mol. The zero-order valence-electron chi connectivity index (χ0n) is 24.4. The second-order valence-corrected chi connectivity index (χ2v) is 10.5. The number of ether oxygens (including phenoxy) is 2. The van der Waals surface area contributed by atoms with Crippen molar-refractivity contribution in [3.05, 3.63) is 70.3 Å². The standard InChI is InChI=1S/C16H17F4NO4.C13H13F4NO2.ClH/c1-24-14(22)10-5-6-21(15(23)25-2)13(8-10)9-3-4-11(12(17)7-9)16(18,19)20;14-10-5-7(1-2-9(10)13(15,16)17)11-6-8(12(19)20)3-4-18-11;/h3-4,7,10,13H,5-6,8H2,1-2H3;1-2,5,8,11,18H,3-4,6H2,(H,19,20);1H. The van der Waals surface area contributed by atoms with E-state index in [1.165, 1.54) is 25.2 Å². The summed E-state index contributed by atoms with van der Waals surface area (Å²) in [5, 5.41) is 12.0. The van der Waals surface area contributed by atoms with Crippen LogP contribution in [0.25, 0.3) is 0 Å². The van der Waals surface area contributed by atoms with Gasteiger partial charge in [-0.25, -0.2) is 13.6 Å². The van der Waals surface area contributed by atoms with E-state index in [-0.39, 0.29) is 37.4 Å². The van der Waals surface area contributed by atoms with Gasteiger partial charge in [-0.15, -0.1) is 12.4 Å². The Kier molecular flexibility index (Phi) is 13.2. The van der Waals surface area contributed by atoms with E-state index in [4.69, 9.17) is 5.11 Å². The Morgan fingerprint density at radius 3 is 1.85 bits per heavy atom. The van der Waals surface area contributed by atoms with Crippen LogP contribution in [-0.2, 0) is 31.4 Å². The first-order valence-electron chi connectivity index (χ1n) is 13.6. The van der Waals surface area contributed by atoms with Crippen LogP contribution < -0.4 is 5.32 Å². The molecule has 2 aliphatic rings. The maximum absolute atomic E-state index is 13.9. The molecule has 2 aromatic carbocycles. The summed E-state index contributed by atoms with van der Waals surface area (Å²) in [6, 6.07) is 3.94. The summed E-state index contributed by atoms with van der Waals surface area (Å²) in [6.07, 6.45) is -9.13. The van der Waals surface area contributed by atoms with Crippen LogP contribution in [0.15, 0.2) is 36.4 Å². The summed E-state index contributed by atoms with van der Waals surface area (Å²) >= 11 is 0. The molecule has 46 heavy (non-hydrogen) atoms. The molecule has 0 aliphatic carbocycles. The Morgan fingerprint density at radius 1 is 0.826 bits per heavy atom. The van der Waals surface area contributed by atoms with Gasteiger partial charge in [-0.2, -0.15) is 26.3 Å². The fraction of sp³-hybridized carbons (Fsp3) is 0.483. The highest BCUT2D eigenvalue weighted by Gasteiger charge is 2.39. The van der Waals surface area contributed by atoms with E-state index in [1.54, 1.807) is 0 Å². The minimum Gasteiger partial charge on any atom is -0.481 e. The Balaban J connectivity index is 0.000000321. The number of hydrogen-bond acceptors (Lipinski definition) is 6. The number of halogens is 9. The predicted octanol–water partition coefficient (Wildman–Crippen LogP) is 6.93. The van der Waals surface area contributed by atoms with Crippen molar-refractivity contribution in [2.45, 2.75) is 50.1 Å². The molecule has 2 aliphatic heterocycles. The predicted molar refractivity (Wildman–Crippen MR) is 148 cm³/mol. The number of nitrogens with one attached hydrogen (secondary N) is 1. The highest BCUT2D eigenvalue weighted by atomic mass is 35.5. The number of alkyl halides is 6. The summed E-state index contributed by atoms with van der Waals surface area (Å²) in [4.78, 5) is 35.9. The second kappa shape index (κ2) is 15.8. The number of likely N-dealkylation sites (tertiary alicyclic amines) is 1. The van der Waals surface area contributed by atoms with Gasteiger partial charge in [0.1, 0.15) is 11.6 Å². The van der Waals surface area contributed by atoms with E-state index < -0.39 is 77.1 Å². The smallest absolute Gasteiger partial charge is 0.419 e. The van der Waals surface area contributed by atoms with Gasteiger partial charge in [-0.3, -0.25) is 9.59 Å². The summed E-state index contributed by atoms with van der Waals surface area (Å²) in [7, 11) is 2.39. The maximum Gasteiger partial charge on any atom is 0.419 e. The molecule has 0 spiro atoms. The summed E-state index contributed by atoms with van der Waals surface area (Å²) in [5.74, 6) is -5.30. The molecule has 0 radical (unpaired) electrons. The third-order valence-corrected chi connectivity index (χ3v) is 7.68. The van der Waals surface area contributed by atoms with Crippen LogP contribution in [0.2, 0.25) is 0 Å². The summed E-state index contributed by atoms with van der Waals surface area (Å²) < 4.78 is 112. The number of benzene rings is 2. The van der Waals surface area contributed by atoms with Crippen LogP contribution in [-0.4, -0.2) is 55.3 Å². The van der Waals surface area contributed by atoms with Crippen molar-refractivity contribution < 1.29 is 64.1 Å². The second-order valence-electron chi connectivity index (χ2n) is 10.5. The number of piperidine rings is 2. The van der Waals surface area contributed by atoms with E-state index in [2.05, 4.69) is 14.8 Å². The number of carboxylic acids is 1. The lowest BCUT2D eigenvalue weighted by atomic mass is 9.87. The highest BCUT2D eigenvalue weighted by Crippen LogP contribution is 2.38. The van der Waals surface area contributed by atoms with Gasteiger partial charge in [-0.05, 0) is 67.6 Å². The van der Waals surface area contributed by atoms with Crippen molar-refractivity contribution in [1.29, 1.82) is 0 Å².